The van der Waals surface area contributed by atoms with Crippen LogP contribution < -0.4 is 16.2 Å². The van der Waals surface area contributed by atoms with Crippen molar-refractivity contribution < 1.29 is 24.2 Å². The molecule has 0 unspecified atom stereocenters. The SMILES string of the molecule is CC(C)(C)OC(=O)N[C@H](Cc1cccc(C(N)=O)c1)C(=O)[O-]. The van der Waals surface area contributed by atoms with Gasteiger partial charge < -0.3 is 25.7 Å². The van der Waals surface area contributed by atoms with Crippen LogP contribution in [0.4, 0.5) is 4.79 Å². The maximum Gasteiger partial charge on any atom is 0.408 e. The Morgan fingerprint density at radius 3 is 2.45 bits per heavy atom. The first-order valence-corrected chi connectivity index (χ1v) is 6.67. The van der Waals surface area contributed by atoms with Crippen molar-refractivity contribution in [2.45, 2.75) is 38.8 Å². The van der Waals surface area contributed by atoms with Crippen molar-refractivity contribution in [3.05, 3.63) is 35.4 Å². The second kappa shape index (κ2) is 6.93. The fourth-order valence-corrected chi connectivity index (χ4v) is 1.73. The highest BCUT2D eigenvalue weighted by atomic mass is 16.6. The van der Waals surface area contributed by atoms with E-state index in [1.165, 1.54) is 12.1 Å². The molecule has 0 saturated heterocycles. The van der Waals surface area contributed by atoms with Gasteiger partial charge in [-0.3, -0.25) is 4.79 Å². The van der Waals surface area contributed by atoms with Gasteiger partial charge in [0.2, 0.25) is 5.91 Å². The smallest absolute Gasteiger partial charge is 0.408 e. The van der Waals surface area contributed by atoms with Crippen LogP contribution in [0.2, 0.25) is 0 Å². The number of benzene rings is 1. The molecule has 0 fully saturated rings. The van der Waals surface area contributed by atoms with E-state index < -0.39 is 29.6 Å². The van der Waals surface area contributed by atoms with Crippen molar-refractivity contribution >= 4 is 18.0 Å². The van der Waals surface area contributed by atoms with E-state index in [0.29, 0.717) is 5.56 Å². The summed E-state index contributed by atoms with van der Waals surface area (Å²) in [6.45, 7) is 4.99. The number of carbonyl (C=O) groups excluding carboxylic acids is 3. The number of carboxylic acid groups (broad SMARTS) is 1. The van der Waals surface area contributed by atoms with Crippen LogP contribution in [0.5, 0.6) is 0 Å². The third-order valence-corrected chi connectivity index (χ3v) is 2.63. The number of ether oxygens (including phenoxy) is 1. The molecule has 1 rings (SSSR count). The third-order valence-electron chi connectivity index (χ3n) is 2.63. The zero-order valence-electron chi connectivity index (χ0n) is 12.7. The van der Waals surface area contributed by atoms with E-state index in [1.54, 1.807) is 32.9 Å². The summed E-state index contributed by atoms with van der Waals surface area (Å²) in [5.74, 6) is -2.07. The quantitative estimate of drug-likeness (QED) is 0.791. The summed E-state index contributed by atoms with van der Waals surface area (Å²) in [5, 5.41) is 13.4. The Balaban J connectivity index is 2.81. The number of nitrogens with two attached hydrogens (primary N) is 1. The van der Waals surface area contributed by atoms with Crippen LogP contribution in [-0.4, -0.2) is 29.6 Å². The number of amides is 2. The lowest BCUT2D eigenvalue weighted by Gasteiger charge is -2.24. The lowest BCUT2D eigenvalue weighted by atomic mass is 10.0. The molecule has 0 spiro atoms. The molecule has 0 heterocycles. The molecular formula is C15H19N2O5-. The number of aliphatic carboxylic acids is 1. The number of hydrogen-bond donors (Lipinski definition) is 2. The van der Waals surface area contributed by atoms with Crippen LogP contribution in [0, 0.1) is 0 Å². The summed E-state index contributed by atoms with van der Waals surface area (Å²) in [6.07, 6.45) is -0.907. The molecule has 1 aromatic carbocycles. The molecule has 3 N–H and O–H groups in total. The summed E-state index contributed by atoms with van der Waals surface area (Å²) in [4.78, 5) is 33.9. The molecule has 0 aromatic heterocycles. The zero-order chi connectivity index (χ0) is 16.9. The summed E-state index contributed by atoms with van der Waals surface area (Å²) in [5.41, 5.74) is 5.21. The monoisotopic (exact) mass is 307 g/mol. The molecule has 0 aliphatic rings. The largest absolute Gasteiger partial charge is 0.548 e. The average molecular weight is 307 g/mol. The maximum absolute atomic E-state index is 11.6. The van der Waals surface area contributed by atoms with E-state index >= 15 is 0 Å². The van der Waals surface area contributed by atoms with E-state index in [2.05, 4.69) is 5.32 Å². The first kappa shape index (κ1) is 17.5. The Labute approximate surface area is 128 Å². The minimum absolute atomic E-state index is 0.0529. The Bertz CT molecular complexity index is 578. The minimum atomic E-state index is -1.45. The Kier molecular flexibility index (Phi) is 5.50. The van der Waals surface area contributed by atoms with Gasteiger partial charge in [0.1, 0.15) is 5.60 Å². The van der Waals surface area contributed by atoms with Gasteiger partial charge in [-0.2, -0.15) is 0 Å². The van der Waals surface area contributed by atoms with Crippen LogP contribution in [-0.2, 0) is 16.0 Å². The molecule has 1 atom stereocenters. The van der Waals surface area contributed by atoms with Gasteiger partial charge in [0.05, 0.1) is 12.0 Å². The van der Waals surface area contributed by atoms with E-state index in [1.807, 2.05) is 0 Å². The lowest BCUT2D eigenvalue weighted by Crippen LogP contribution is -2.50. The first-order chi connectivity index (χ1) is 10.1. The Morgan fingerprint density at radius 1 is 1.32 bits per heavy atom. The molecule has 7 nitrogen and oxygen atoms in total. The van der Waals surface area contributed by atoms with Crippen LogP contribution >= 0.6 is 0 Å². The number of rotatable bonds is 5. The van der Waals surface area contributed by atoms with E-state index in [-0.39, 0.29) is 12.0 Å². The molecule has 1 aromatic rings. The predicted octanol–water partition coefficient (Wildman–Crippen LogP) is -0.0288. The molecule has 0 radical (unpaired) electrons. The number of nitrogens with one attached hydrogen (secondary N) is 1. The van der Waals surface area contributed by atoms with Crippen LogP contribution in [0.15, 0.2) is 24.3 Å². The summed E-state index contributed by atoms with van der Waals surface area (Å²) in [7, 11) is 0. The van der Waals surface area contributed by atoms with Gasteiger partial charge in [-0.15, -0.1) is 0 Å². The highest BCUT2D eigenvalue weighted by molar-refractivity contribution is 5.93. The third kappa shape index (κ3) is 5.82. The molecule has 7 heteroatoms. The standard InChI is InChI=1S/C15H20N2O5/c1-15(2,3)22-14(21)17-11(13(19)20)8-9-5-4-6-10(7-9)12(16)18/h4-7,11H,8H2,1-3H3,(H2,16,18)(H,17,21)(H,19,20)/p-1/t11-/m1/s1. The topological polar surface area (TPSA) is 122 Å². The number of hydrogen-bond acceptors (Lipinski definition) is 5. The lowest BCUT2D eigenvalue weighted by molar-refractivity contribution is -0.308. The number of alkyl carbamates (subject to hydrolysis) is 1. The van der Waals surface area contributed by atoms with E-state index in [4.69, 9.17) is 10.5 Å². The summed E-state index contributed by atoms with van der Waals surface area (Å²) in [6, 6.07) is 4.91. The number of primary amides is 1. The van der Waals surface area contributed by atoms with Gasteiger partial charge in [0, 0.05) is 5.56 Å². The van der Waals surface area contributed by atoms with Gasteiger partial charge in [-0.1, -0.05) is 12.1 Å². The number of carboxylic acids is 1. The molecule has 2 amide bonds. The van der Waals surface area contributed by atoms with Gasteiger partial charge in [0.25, 0.3) is 0 Å². The predicted molar refractivity (Wildman–Crippen MR) is 76.8 cm³/mol. The Hall–Kier alpha value is -2.57. The fraction of sp³-hybridized carbons (Fsp3) is 0.400. The second-order valence-corrected chi connectivity index (χ2v) is 5.79. The second-order valence-electron chi connectivity index (χ2n) is 5.79. The highest BCUT2D eigenvalue weighted by Gasteiger charge is 2.20. The van der Waals surface area contributed by atoms with Gasteiger partial charge in [0.15, 0.2) is 0 Å². The van der Waals surface area contributed by atoms with Crippen molar-refractivity contribution in [1.29, 1.82) is 0 Å². The van der Waals surface area contributed by atoms with Crippen molar-refractivity contribution in [2.75, 3.05) is 0 Å². The fourth-order valence-electron chi connectivity index (χ4n) is 1.73. The molecule has 0 saturated carbocycles. The van der Waals surface area contributed by atoms with Crippen LogP contribution in [0.3, 0.4) is 0 Å². The van der Waals surface area contributed by atoms with Crippen molar-refractivity contribution in [3.8, 4) is 0 Å². The molecule has 0 bridgehead atoms. The highest BCUT2D eigenvalue weighted by Crippen LogP contribution is 2.10. The van der Waals surface area contributed by atoms with Crippen molar-refractivity contribution in [2.24, 2.45) is 5.73 Å². The zero-order valence-corrected chi connectivity index (χ0v) is 12.7. The van der Waals surface area contributed by atoms with Gasteiger partial charge >= 0.3 is 6.09 Å². The van der Waals surface area contributed by atoms with Crippen LogP contribution in [0.1, 0.15) is 36.7 Å². The van der Waals surface area contributed by atoms with E-state index in [0.717, 1.165) is 0 Å². The normalized spacial score (nSPS) is 12.3. The average Bonchev–Trinajstić information content (AvgIpc) is 2.35. The Morgan fingerprint density at radius 2 is 1.95 bits per heavy atom. The van der Waals surface area contributed by atoms with Crippen molar-refractivity contribution in [1.82, 2.24) is 5.32 Å². The van der Waals surface area contributed by atoms with Gasteiger partial charge in [-0.25, -0.2) is 4.79 Å². The molecule has 0 aliphatic carbocycles. The first-order valence-electron chi connectivity index (χ1n) is 6.67. The molecule has 120 valence electrons. The summed E-state index contributed by atoms with van der Waals surface area (Å²) >= 11 is 0. The molecule has 0 aliphatic heterocycles. The minimum Gasteiger partial charge on any atom is -0.548 e. The van der Waals surface area contributed by atoms with Crippen LogP contribution in [0.25, 0.3) is 0 Å². The molecular weight excluding hydrogens is 288 g/mol. The van der Waals surface area contributed by atoms with Gasteiger partial charge in [-0.05, 0) is 44.9 Å². The molecule has 22 heavy (non-hydrogen) atoms. The maximum atomic E-state index is 11.6. The van der Waals surface area contributed by atoms with Crippen molar-refractivity contribution in [3.63, 3.8) is 0 Å². The summed E-state index contributed by atoms with van der Waals surface area (Å²) < 4.78 is 5.00. The van der Waals surface area contributed by atoms with E-state index in [9.17, 15) is 19.5 Å². The number of carbonyl (C=O) groups is 3.